The van der Waals surface area contributed by atoms with Gasteiger partial charge in [0.2, 0.25) is 48.6 Å². The number of hydrogen-bond donors (Lipinski definition) is 0. The van der Waals surface area contributed by atoms with Crippen LogP contribution in [0.3, 0.4) is 0 Å². The molecule has 2 aliphatic rings. The molecule has 0 aliphatic heterocycles. The van der Waals surface area contributed by atoms with E-state index in [1.165, 1.54) is 0 Å². The van der Waals surface area contributed by atoms with Gasteiger partial charge < -0.3 is 0 Å². The highest BCUT2D eigenvalue weighted by atomic mass is 16.1. The van der Waals surface area contributed by atoms with E-state index in [0.29, 0.717) is 51.4 Å². The zero-order chi connectivity index (χ0) is 42.1. The van der Waals surface area contributed by atoms with E-state index in [2.05, 4.69) is 39.9 Å². The van der Waals surface area contributed by atoms with Crippen molar-refractivity contribution < 1.29 is 38.4 Å². The molecule has 0 amide bonds. The summed E-state index contributed by atoms with van der Waals surface area (Å²) in [6.07, 6.45) is 16.7. The average Bonchev–Trinajstić information content (AvgIpc) is 3.11. The van der Waals surface area contributed by atoms with Gasteiger partial charge in [0, 0.05) is 5.41 Å². The van der Waals surface area contributed by atoms with Gasteiger partial charge in [-0.2, -0.15) is 20.0 Å². The number of carbonyl (C=O) groups excluding carboxylic acids is 8. The molecular formula is C40H54N8O8. The van der Waals surface area contributed by atoms with Crippen LogP contribution in [-0.2, 0) is 38.4 Å². The molecule has 16 nitrogen and oxygen atoms in total. The molecule has 16 heteroatoms. The molecule has 0 aromatic rings. The molecule has 3 atom stereocenters. The Hall–Kier alpha value is -4.96. The fourth-order valence-electron chi connectivity index (χ4n) is 10.4. The molecule has 3 unspecified atom stereocenters. The summed E-state index contributed by atoms with van der Waals surface area (Å²) < 4.78 is 0. The maximum atomic E-state index is 12.6. The molecule has 0 bridgehead atoms. The number of nitrogens with zero attached hydrogens (tertiary/aromatic N) is 8. The molecule has 0 spiro atoms. The standard InChI is InChI=1S/C40H54N8O8/c1-30(17-36(4,5)20-41-22-49)16-33(43-24-51)40(31-8-12-38(13-9-31,45-26-53)46-27-54,32-10-14-39(15-11-32,47-28-55)48-29-56)34(44-25-52)18-35(2,3)19-37(6,7)21-42-23-50/h30-34H,8-21H2,1-7H3. The van der Waals surface area contributed by atoms with Crippen molar-refractivity contribution in [1.82, 2.24) is 0 Å². The molecule has 2 aliphatic carbocycles. The first-order valence-corrected chi connectivity index (χ1v) is 19.0. The third kappa shape index (κ3) is 12.5. The summed E-state index contributed by atoms with van der Waals surface area (Å²) in [5.41, 5.74) is -5.34. The third-order valence-electron chi connectivity index (χ3n) is 11.9. The van der Waals surface area contributed by atoms with Crippen molar-refractivity contribution in [3.63, 3.8) is 0 Å². The van der Waals surface area contributed by atoms with Gasteiger partial charge in [-0.15, -0.1) is 0 Å². The summed E-state index contributed by atoms with van der Waals surface area (Å²) >= 11 is 0. The zero-order valence-corrected chi connectivity index (χ0v) is 33.6. The normalized spacial score (nSPS) is 25.0. The van der Waals surface area contributed by atoms with Gasteiger partial charge in [-0.05, 0) is 111 Å². The van der Waals surface area contributed by atoms with Gasteiger partial charge in [-0.1, -0.05) is 48.5 Å². The van der Waals surface area contributed by atoms with Crippen LogP contribution in [0.15, 0.2) is 39.9 Å². The smallest absolute Gasteiger partial charge is 0.211 e. The second kappa shape index (κ2) is 20.8. The van der Waals surface area contributed by atoms with E-state index in [4.69, 9.17) is 0 Å². The molecule has 2 fully saturated rings. The average molecular weight is 775 g/mol. The Balaban J connectivity index is 3.02. The van der Waals surface area contributed by atoms with Crippen LogP contribution in [0.25, 0.3) is 0 Å². The third-order valence-corrected chi connectivity index (χ3v) is 11.9. The molecule has 0 saturated heterocycles. The van der Waals surface area contributed by atoms with Crippen molar-refractivity contribution in [2.75, 3.05) is 13.1 Å². The fourth-order valence-corrected chi connectivity index (χ4v) is 10.4. The minimum Gasteiger partial charge on any atom is -0.211 e. The highest BCUT2D eigenvalue weighted by Crippen LogP contribution is 2.60. The second-order valence-electron chi connectivity index (χ2n) is 18.0. The van der Waals surface area contributed by atoms with Gasteiger partial charge in [0.1, 0.15) is 0 Å². The summed E-state index contributed by atoms with van der Waals surface area (Å²) in [6, 6.07) is -1.64. The Morgan fingerprint density at radius 1 is 0.518 bits per heavy atom. The first-order chi connectivity index (χ1) is 26.4. The SMILES string of the molecule is CC(CC(N=C=O)C(C1CCC(N=C=O)(N=C=O)CC1)(C1CCC(N=C=O)(N=C=O)CC1)C(CC(C)(C)CC(C)(C)CN=C=O)N=C=O)CC(C)(C)CN=C=O. The van der Waals surface area contributed by atoms with Crippen molar-refractivity contribution >= 4 is 48.6 Å². The van der Waals surface area contributed by atoms with Crippen molar-refractivity contribution in [2.45, 2.75) is 149 Å². The minimum absolute atomic E-state index is 0.119. The fraction of sp³-hybridized carbons (Fsp3) is 0.800. The quantitative estimate of drug-likeness (QED) is 0.0874. The van der Waals surface area contributed by atoms with Crippen LogP contribution in [0.5, 0.6) is 0 Å². The second-order valence-corrected chi connectivity index (χ2v) is 18.0. The van der Waals surface area contributed by atoms with E-state index in [1.54, 1.807) is 36.5 Å². The lowest BCUT2D eigenvalue weighted by atomic mass is 9.49. The van der Waals surface area contributed by atoms with Crippen LogP contribution < -0.4 is 0 Å². The summed E-state index contributed by atoms with van der Waals surface area (Å²) in [7, 11) is 0. The van der Waals surface area contributed by atoms with Gasteiger partial charge in [-0.3, -0.25) is 0 Å². The van der Waals surface area contributed by atoms with Gasteiger partial charge >= 0.3 is 0 Å². The number of isocyanates is 8. The molecule has 0 N–H and O–H groups in total. The van der Waals surface area contributed by atoms with Gasteiger partial charge in [0.05, 0.1) is 25.2 Å². The lowest BCUT2D eigenvalue weighted by Crippen LogP contribution is -2.58. The topological polar surface area (TPSA) is 235 Å². The van der Waals surface area contributed by atoms with E-state index in [1.807, 2.05) is 60.6 Å². The largest absolute Gasteiger partial charge is 0.237 e. The van der Waals surface area contributed by atoms with Crippen molar-refractivity contribution in [2.24, 2.45) is 79.4 Å². The Morgan fingerprint density at radius 2 is 0.911 bits per heavy atom. The molecule has 2 saturated carbocycles. The predicted octanol–water partition coefficient (Wildman–Crippen LogP) is 6.44. The van der Waals surface area contributed by atoms with Crippen molar-refractivity contribution in [3.8, 4) is 0 Å². The lowest BCUT2D eigenvalue weighted by molar-refractivity contribution is -0.0564. The lowest BCUT2D eigenvalue weighted by Gasteiger charge is -2.57. The van der Waals surface area contributed by atoms with Gasteiger partial charge in [0.15, 0.2) is 11.3 Å². The Morgan fingerprint density at radius 3 is 1.29 bits per heavy atom. The van der Waals surface area contributed by atoms with Crippen LogP contribution in [0.1, 0.15) is 126 Å². The molecule has 0 aromatic carbocycles. The van der Waals surface area contributed by atoms with Crippen molar-refractivity contribution in [1.29, 1.82) is 0 Å². The summed E-state index contributed by atoms with van der Waals surface area (Å²) in [4.78, 5) is 126. The van der Waals surface area contributed by atoms with E-state index in [0.717, 1.165) is 0 Å². The summed E-state index contributed by atoms with van der Waals surface area (Å²) in [5.74, 6) is -0.853. The van der Waals surface area contributed by atoms with Crippen LogP contribution >= 0.6 is 0 Å². The predicted molar refractivity (Wildman–Crippen MR) is 203 cm³/mol. The maximum absolute atomic E-state index is 12.6. The van der Waals surface area contributed by atoms with E-state index >= 15 is 0 Å². The number of aliphatic imine (C=N–C) groups is 8. The van der Waals surface area contributed by atoms with Crippen LogP contribution in [0.4, 0.5) is 0 Å². The molecular weight excluding hydrogens is 720 g/mol. The Labute approximate surface area is 327 Å². The Bertz CT molecular complexity index is 1660. The molecule has 0 radical (unpaired) electrons. The van der Waals surface area contributed by atoms with E-state index < -0.39 is 45.1 Å². The van der Waals surface area contributed by atoms with Crippen LogP contribution in [0, 0.1) is 39.4 Å². The monoisotopic (exact) mass is 774 g/mol. The molecule has 2 rings (SSSR count). The van der Waals surface area contributed by atoms with Crippen LogP contribution in [0.2, 0.25) is 0 Å². The van der Waals surface area contributed by atoms with E-state index in [-0.39, 0.29) is 56.5 Å². The maximum Gasteiger partial charge on any atom is 0.237 e. The zero-order valence-electron chi connectivity index (χ0n) is 33.6. The summed E-state index contributed by atoms with van der Waals surface area (Å²) in [6.45, 7) is 14.4. The number of rotatable bonds is 22. The highest BCUT2D eigenvalue weighted by Gasteiger charge is 2.60. The first-order valence-electron chi connectivity index (χ1n) is 19.0. The van der Waals surface area contributed by atoms with E-state index in [9.17, 15) is 38.4 Å². The Kier molecular flexibility index (Phi) is 17.5. The molecule has 56 heavy (non-hydrogen) atoms. The van der Waals surface area contributed by atoms with Crippen LogP contribution in [-0.4, -0.2) is 85.1 Å². The molecule has 0 aromatic heterocycles. The van der Waals surface area contributed by atoms with Gasteiger partial charge in [0.25, 0.3) is 0 Å². The number of hydrogen-bond acceptors (Lipinski definition) is 16. The minimum atomic E-state index is -1.39. The molecule has 302 valence electrons. The molecule has 0 heterocycles. The van der Waals surface area contributed by atoms with Crippen molar-refractivity contribution in [3.05, 3.63) is 0 Å². The first kappa shape index (κ1) is 47.2. The van der Waals surface area contributed by atoms with Gasteiger partial charge in [-0.25, -0.2) is 58.3 Å². The highest BCUT2D eigenvalue weighted by molar-refractivity contribution is 5.41. The summed E-state index contributed by atoms with van der Waals surface area (Å²) in [5, 5.41) is 0.